The maximum absolute atomic E-state index is 6.05. The Morgan fingerprint density at radius 3 is 3.00 bits per heavy atom. The Morgan fingerprint density at radius 2 is 2.19 bits per heavy atom. The third kappa shape index (κ3) is 2.49. The number of furan rings is 1. The molecular weight excluding hydrogens is 280 g/mol. The summed E-state index contributed by atoms with van der Waals surface area (Å²) >= 11 is 1.71. The highest BCUT2D eigenvalue weighted by molar-refractivity contribution is 7.09. The van der Waals surface area contributed by atoms with Crippen molar-refractivity contribution < 1.29 is 4.42 Å². The van der Waals surface area contributed by atoms with Gasteiger partial charge < -0.3 is 9.73 Å². The molecule has 4 heteroatoms. The molecule has 0 aliphatic heterocycles. The molecule has 0 atom stereocenters. The zero-order valence-electron chi connectivity index (χ0n) is 12.1. The number of aryl methyl sites for hydroxylation is 1. The van der Waals surface area contributed by atoms with Crippen molar-refractivity contribution in [1.29, 1.82) is 0 Å². The van der Waals surface area contributed by atoms with Gasteiger partial charge in [-0.3, -0.25) is 0 Å². The van der Waals surface area contributed by atoms with E-state index >= 15 is 0 Å². The van der Waals surface area contributed by atoms with Gasteiger partial charge in [-0.05, 0) is 25.3 Å². The maximum Gasteiger partial charge on any atom is 0.157 e. The monoisotopic (exact) mass is 298 g/mol. The molecule has 21 heavy (non-hydrogen) atoms. The molecule has 0 amide bonds. The number of nitrogens with zero attached hydrogens (tertiary/aromatic N) is 1. The standard InChI is InChI=1S/C17H18N2OS/c1-2-12-13-5-3-4-6-15(13)20-17(12)14-10-21-16(19-14)9-18-11-7-8-11/h3-6,10-11,18H,2,7-9H2,1H3. The molecule has 1 aromatic carbocycles. The van der Waals surface area contributed by atoms with E-state index in [4.69, 9.17) is 9.40 Å². The lowest BCUT2D eigenvalue weighted by atomic mass is 10.1. The molecule has 2 heterocycles. The van der Waals surface area contributed by atoms with Crippen LogP contribution in [0.5, 0.6) is 0 Å². The first kappa shape index (κ1) is 13.0. The fourth-order valence-electron chi connectivity index (χ4n) is 2.67. The van der Waals surface area contributed by atoms with Crippen LogP contribution in [0.4, 0.5) is 0 Å². The molecule has 108 valence electrons. The van der Waals surface area contributed by atoms with E-state index in [9.17, 15) is 0 Å². The molecule has 1 saturated carbocycles. The first-order valence-electron chi connectivity index (χ1n) is 7.53. The van der Waals surface area contributed by atoms with Gasteiger partial charge in [0.1, 0.15) is 16.3 Å². The second-order valence-corrected chi connectivity index (χ2v) is 6.48. The highest BCUT2D eigenvalue weighted by atomic mass is 32.1. The zero-order valence-corrected chi connectivity index (χ0v) is 12.9. The first-order chi connectivity index (χ1) is 10.3. The summed E-state index contributed by atoms with van der Waals surface area (Å²) in [5.74, 6) is 0.938. The van der Waals surface area contributed by atoms with Crippen molar-refractivity contribution in [2.24, 2.45) is 0 Å². The molecule has 0 unspecified atom stereocenters. The van der Waals surface area contributed by atoms with Gasteiger partial charge in [0, 0.05) is 28.9 Å². The fraction of sp³-hybridized carbons (Fsp3) is 0.353. The minimum atomic E-state index is 0.717. The number of thiazole rings is 1. The van der Waals surface area contributed by atoms with Crippen LogP contribution in [0.25, 0.3) is 22.4 Å². The van der Waals surface area contributed by atoms with E-state index in [0.29, 0.717) is 0 Å². The van der Waals surface area contributed by atoms with Crippen LogP contribution in [-0.2, 0) is 13.0 Å². The van der Waals surface area contributed by atoms with Crippen molar-refractivity contribution in [2.45, 2.75) is 38.8 Å². The van der Waals surface area contributed by atoms with E-state index in [1.807, 2.05) is 12.1 Å². The lowest BCUT2D eigenvalue weighted by Gasteiger charge is -1.98. The van der Waals surface area contributed by atoms with Gasteiger partial charge in [0.15, 0.2) is 5.76 Å². The van der Waals surface area contributed by atoms with E-state index in [0.717, 1.165) is 41.1 Å². The largest absolute Gasteiger partial charge is 0.454 e. The van der Waals surface area contributed by atoms with E-state index in [1.54, 1.807) is 11.3 Å². The van der Waals surface area contributed by atoms with Gasteiger partial charge in [-0.15, -0.1) is 11.3 Å². The Labute approximate surface area is 128 Å². The smallest absolute Gasteiger partial charge is 0.157 e. The Balaban J connectivity index is 1.68. The van der Waals surface area contributed by atoms with Crippen molar-refractivity contribution in [3.63, 3.8) is 0 Å². The molecule has 1 aliphatic carbocycles. The van der Waals surface area contributed by atoms with Crippen LogP contribution in [-0.4, -0.2) is 11.0 Å². The van der Waals surface area contributed by atoms with Crippen LogP contribution in [0, 0.1) is 0 Å². The summed E-state index contributed by atoms with van der Waals surface area (Å²) in [4.78, 5) is 4.75. The summed E-state index contributed by atoms with van der Waals surface area (Å²) in [5, 5.41) is 7.97. The SMILES string of the molecule is CCc1c(-c2csc(CNC3CC3)n2)oc2ccccc12. The van der Waals surface area contributed by atoms with Crippen LogP contribution >= 0.6 is 11.3 Å². The third-order valence-corrected chi connectivity index (χ3v) is 4.80. The molecule has 3 aromatic rings. The van der Waals surface area contributed by atoms with Gasteiger partial charge in [-0.2, -0.15) is 0 Å². The van der Waals surface area contributed by atoms with Crippen LogP contribution in [0.3, 0.4) is 0 Å². The molecule has 1 aliphatic rings. The molecule has 0 spiro atoms. The highest BCUT2D eigenvalue weighted by Gasteiger charge is 2.21. The summed E-state index contributed by atoms with van der Waals surface area (Å²) in [6, 6.07) is 8.95. The van der Waals surface area contributed by atoms with E-state index < -0.39 is 0 Å². The summed E-state index contributed by atoms with van der Waals surface area (Å²) in [6.07, 6.45) is 3.57. The van der Waals surface area contributed by atoms with Crippen LogP contribution in [0.2, 0.25) is 0 Å². The molecule has 3 nitrogen and oxygen atoms in total. The number of hydrogen-bond acceptors (Lipinski definition) is 4. The Bertz CT molecular complexity index is 770. The number of nitrogens with one attached hydrogen (secondary N) is 1. The number of hydrogen-bond donors (Lipinski definition) is 1. The Kier molecular flexibility index (Phi) is 3.28. The van der Waals surface area contributed by atoms with Crippen molar-refractivity contribution in [3.05, 3.63) is 40.2 Å². The van der Waals surface area contributed by atoms with E-state index in [1.165, 1.54) is 23.8 Å². The van der Waals surface area contributed by atoms with Gasteiger partial charge >= 0.3 is 0 Å². The molecule has 0 radical (unpaired) electrons. The number of aromatic nitrogens is 1. The minimum Gasteiger partial charge on any atom is -0.454 e. The van der Waals surface area contributed by atoms with E-state index in [2.05, 4.69) is 29.8 Å². The number of para-hydroxylation sites is 1. The van der Waals surface area contributed by atoms with Crippen LogP contribution in [0.1, 0.15) is 30.3 Å². The minimum absolute atomic E-state index is 0.717. The Morgan fingerprint density at radius 1 is 1.33 bits per heavy atom. The van der Waals surface area contributed by atoms with Crippen molar-refractivity contribution in [2.75, 3.05) is 0 Å². The quantitative estimate of drug-likeness (QED) is 0.760. The molecule has 0 bridgehead atoms. The van der Waals surface area contributed by atoms with Gasteiger partial charge in [-0.25, -0.2) is 4.98 Å². The first-order valence-corrected chi connectivity index (χ1v) is 8.41. The van der Waals surface area contributed by atoms with Crippen molar-refractivity contribution in [3.8, 4) is 11.5 Å². The van der Waals surface area contributed by atoms with Crippen LogP contribution in [0.15, 0.2) is 34.1 Å². The molecule has 4 rings (SSSR count). The van der Waals surface area contributed by atoms with Gasteiger partial charge in [0.05, 0.1) is 0 Å². The van der Waals surface area contributed by atoms with Gasteiger partial charge in [0.25, 0.3) is 0 Å². The van der Waals surface area contributed by atoms with Crippen molar-refractivity contribution >= 4 is 22.3 Å². The molecule has 1 fully saturated rings. The zero-order chi connectivity index (χ0) is 14.2. The summed E-state index contributed by atoms with van der Waals surface area (Å²) in [5.41, 5.74) is 3.19. The number of benzene rings is 1. The lowest BCUT2D eigenvalue weighted by Crippen LogP contribution is -2.14. The lowest BCUT2D eigenvalue weighted by molar-refractivity contribution is 0.624. The van der Waals surface area contributed by atoms with Gasteiger partial charge in [0.2, 0.25) is 0 Å². The van der Waals surface area contributed by atoms with E-state index in [-0.39, 0.29) is 0 Å². The molecule has 1 N–H and O–H groups in total. The fourth-order valence-corrected chi connectivity index (χ4v) is 3.40. The number of rotatable bonds is 5. The predicted molar refractivity (Wildman–Crippen MR) is 86.6 cm³/mol. The van der Waals surface area contributed by atoms with Crippen LogP contribution < -0.4 is 5.32 Å². The molecule has 0 saturated heterocycles. The second kappa shape index (κ2) is 5.28. The maximum atomic E-state index is 6.05. The number of fused-ring (bicyclic) bond motifs is 1. The van der Waals surface area contributed by atoms with Gasteiger partial charge in [-0.1, -0.05) is 25.1 Å². The normalized spacial score (nSPS) is 14.9. The molecular formula is C17H18N2OS. The average molecular weight is 298 g/mol. The summed E-state index contributed by atoms with van der Waals surface area (Å²) < 4.78 is 6.05. The highest BCUT2D eigenvalue weighted by Crippen LogP contribution is 2.34. The topological polar surface area (TPSA) is 38.1 Å². The predicted octanol–water partition coefficient (Wildman–Crippen LogP) is 4.37. The summed E-state index contributed by atoms with van der Waals surface area (Å²) in [7, 11) is 0. The summed E-state index contributed by atoms with van der Waals surface area (Å²) in [6.45, 7) is 3.04. The average Bonchev–Trinajstić information content (AvgIpc) is 3.10. The third-order valence-electron chi connectivity index (χ3n) is 3.96. The van der Waals surface area contributed by atoms with Crippen molar-refractivity contribution in [1.82, 2.24) is 10.3 Å². The molecule has 2 aromatic heterocycles. The second-order valence-electron chi connectivity index (χ2n) is 5.54. The Hall–Kier alpha value is -1.65.